The third-order valence-electron chi connectivity index (χ3n) is 8.60. The Morgan fingerprint density at radius 3 is 2.56 bits per heavy atom. The van der Waals surface area contributed by atoms with E-state index >= 15 is 4.39 Å². The van der Waals surface area contributed by atoms with Gasteiger partial charge in [0.1, 0.15) is 18.2 Å². The maximum atomic E-state index is 15.6. The molecule has 2 aliphatic heterocycles. The smallest absolute Gasteiger partial charge is 0.250 e. The lowest BCUT2D eigenvalue weighted by molar-refractivity contribution is -0.0554. The maximum absolute atomic E-state index is 15.6. The summed E-state index contributed by atoms with van der Waals surface area (Å²) in [4.78, 5) is 13.3. The summed E-state index contributed by atoms with van der Waals surface area (Å²) >= 11 is 0. The van der Waals surface area contributed by atoms with E-state index < -0.39 is 11.7 Å². The standard InChI is InChI=1S/C29H34F3N5O2/c1-33-22-17-34-21-15-20(30)24(27-25(21)26(22)36(2)28(18-39-27)7-3-8-28)19-5-6-23(35-16-19)38-14-4-11-37-12-9-29(31,32)10-13-37/h5-6,15-17,33H,3-4,7-14,18H2,1-2H3. The molecule has 4 heterocycles. The summed E-state index contributed by atoms with van der Waals surface area (Å²) in [7, 11) is 3.95. The molecule has 3 aromatic rings. The predicted octanol–water partition coefficient (Wildman–Crippen LogP) is 5.73. The van der Waals surface area contributed by atoms with Gasteiger partial charge in [0.25, 0.3) is 5.92 Å². The van der Waals surface area contributed by atoms with Crippen molar-refractivity contribution in [3.8, 4) is 22.8 Å². The number of benzene rings is 1. The van der Waals surface area contributed by atoms with Crippen LogP contribution in [0.3, 0.4) is 0 Å². The molecular weight excluding hydrogens is 507 g/mol. The lowest BCUT2D eigenvalue weighted by Gasteiger charge is -2.48. The van der Waals surface area contributed by atoms with Gasteiger partial charge >= 0.3 is 0 Å². The fourth-order valence-electron chi connectivity index (χ4n) is 6.01. The van der Waals surface area contributed by atoms with E-state index in [4.69, 9.17) is 9.47 Å². The molecule has 1 saturated carbocycles. The summed E-state index contributed by atoms with van der Waals surface area (Å²) in [5, 5.41) is 4.05. The van der Waals surface area contributed by atoms with Crippen LogP contribution in [0.2, 0.25) is 0 Å². The van der Waals surface area contributed by atoms with Crippen LogP contribution in [0.25, 0.3) is 22.0 Å². The van der Waals surface area contributed by atoms with Crippen molar-refractivity contribution in [3.63, 3.8) is 0 Å². The van der Waals surface area contributed by atoms with Gasteiger partial charge in [-0.05, 0) is 31.7 Å². The zero-order valence-corrected chi connectivity index (χ0v) is 22.4. The SMILES string of the molecule is CNc1cnc2cc(F)c(-c3ccc(OCCCN4CCC(F)(F)CC4)nc3)c3c2c1N(C)C1(CCC1)CO3. The van der Waals surface area contributed by atoms with Crippen molar-refractivity contribution in [2.75, 3.05) is 57.2 Å². The van der Waals surface area contributed by atoms with E-state index in [1.165, 1.54) is 6.07 Å². The first-order chi connectivity index (χ1) is 18.8. The van der Waals surface area contributed by atoms with E-state index in [1.807, 2.05) is 11.9 Å². The fraction of sp³-hybridized carbons (Fsp3) is 0.517. The minimum Gasteiger partial charge on any atom is -0.490 e. The van der Waals surface area contributed by atoms with Crippen molar-refractivity contribution in [3.05, 3.63) is 36.4 Å². The molecule has 0 radical (unpaired) electrons. The molecule has 1 aliphatic carbocycles. The van der Waals surface area contributed by atoms with Crippen molar-refractivity contribution in [1.82, 2.24) is 14.9 Å². The number of nitrogens with one attached hydrogen (secondary N) is 1. The number of ether oxygens (including phenoxy) is 2. The van der Waals surface area contributed by atoms with E-state index in [0.717, 1.165) is 36.0 Å². The molecule has 1 saturated heterocycles. The number of aromatic nitrogens is 2. The number of alkyl halides is 2. The molecule has 0 unspecified atom stereocenters. The molecule has 0 bridgehead atoms. The number of piperidine rings is 1. The Morgan fingerprint density at radius 1 is 1.10 bits per heavy atom. The lowest BCUT2D eigenvalue weighted by Crippen LogP contribution is -2.55. The Labute approximate surface area is 226 Å². The Hall–Kier alpha value is -3.27. The van der Waals surface area contributed by atoms with Gasteiger partial charge in [-0.1, -0.05) is 0 Å². The summed E-state index contributed by atoms with van der Waals surface area (Å²) < 4.78 is 54.5. The van der Waals surface area contributed by atoms with Gasteiger partial charge in [-0.2, -0.15) is 0 Å². The normalized spacial score (nSPS) is 19.9. The van der Waals surface area contributed by atoms with Crippen molar-refractivity contribution < 1.29 is 22.6 Å². The number of halogens is 3. The molecule has 0 atom stereocenters. The third-order valence-corrected chi connectivity index (χ3v) is 8.60. The number of hydrogen-bond donors (Lipinski definition) is 1. The molecule has 2 aromatic heterocycles. The van der Waals surface area contributed by atoms with Crippen LogP contribution in [0.4, 0.5) is 24.5 Å². The van der Waals surface area contributed by atoms with Gasteiger partial charge in [0, 0.05) is 70.5 Å². The van der Waals surface area contributed by atoms with Crippen LogP contribution in [0, 0.1) is 5.82 Å². The summed E-state index contributed by atoms with van der Waals surface area (Å²) in [5.41, 5.74) is 3.23. The van der Waals surface area contributed by atoms with Gasteiger partial charge in [-0.3, -0.25) is 4.98 Å². The monoisotopic (exact) mass is 541 g/mol. The first-order valence-corrected chi connectivity index (χ1v) is 13.7. The molecule has 1 N–H and O–H groups in total. The Bertz CT molecular complexity index is 1350. The predicted molar refractivity (Wildman–Crippen MR) is 146 cm³/mol. The van der Waals surface area contributed by atoms with Crippen LogP contribution in [0.1, 0.15) is 38.5 Å². The average molecular weight is 542 g/mol. The molecule has 10 heteroatoms. The van der Waals surface area contributed by atoms with Crippen molar-refractivity contribution in [2.24, 2.45) is 0 Å². The first-order valence-electron chi connectivity index (χ1n) is 13.7. The minimum absolute atomic E-state index is 0.0843. The van der Waals surface area contributed by atoms with Crippen LogP contribution in [0.15, 0.2) is 30.6 Å². The fourth-order valence-corrected chi connectivity index (χ4v) is 6.01. The second-order valence-corrected chi connectivity index (χ2v) is 10.9. The zero-order chi connectivity index (χ0) is 27.2. The lowest BCUT2D eigenvalue weighted by atomic mass is 9.76. The quantitative estimate of drug-likeness (QED) is 0.384. The van der Waals surface area contributed by atoms with E-state index in [-0.39, 0.29) is 18.4 Å². The number of nitrogens with zero attached hydrogens (tertiary/aromatic N) is 4. The maximum Gasteiger partial charge on any atom is 0.250 e. The number of pyridine rings is 2. The first kappa shape index (κ1) is 26.0. The Morgan fingerprint density at radius 2 is 1.90 bits per heavy atom. The van der Waals surface area contributed by atoms with Gasteiger partial charge in [0.2, 0.25) is 5.88 Å². The van der Waals surface area contributed by atoms with Crippen LogP contribution in [-0.2, 0) is 0 Å². The highest BCUT2D eigenvalue weighted by Crippen LogP contribution is 2.52. The number of rotatable bonds is 7. The molecule has 1 spiro atoms. The summed E-state index contributed by atoms with van der Waals surface area (Å²) in [5.74, 6) is -2.02. The van der Waals surface area contributed by atoms with Crippen LogP contribution in [0.5, 0.6) is 11.6 Å². The van der Waals surface area contributed by atoms with Gasteiger partial charge in [0.05, 0.1) is 46.2 Å². The third kappa shape index (κ3) is 4.73. The molecule has 0 amide bonds. The highest BCUT2D eigenvalue weighted by molar-refractivity contribution is 6.06. The van der Waals surface area contributed by atoms with Gasteiger partial charge in [0.15, 0.2) is 0 Å². The van der Waals surface area contributed by atoms with E-state index in [2.05, 4.69) is 27.2 Å². The van der Waals surface area contributed by atoms with Crippen LogP contribution in [-0.4, -0.2) is 73.3 Å². The molecule has 1 aromatic carbocycles. The number of anilines is 2. The number of likely N-dealkylation sites (N-methyl/N-ethyl adjacent to an activating group) is 1. The van der Waals surface area contributed by atoms with Crippen LogP contribution < -0.4 is 19.7 Å². The largest absolute Gasteiger partial charge is 0.490 e. The number of hydrogen-bond acceptors (Lipinski definition) is 7. The molecule has 3 aliphatic rings. The second-order valence-electron chi connectivity index (χ2n) is 10.9. The van der Waals surface area contributed by atoms with Crippen molar-refractivity contribution >= 4 is 22.3 Å². The van der Waals surface area contributed by atoms with Crippen molar-refractivity contribution in [1.29, 1.82) is 0 Å². The molecule has 7 nitrogen and oxygen atoms in total. The second kappa shape index (κ2) is 10.0. The molecular formula is C29H34F3N5O2. The Balaban J connectivity index is 1.23. The topological polar surface area (TPSA) is 62.8 Å². The molecule has 6 rings (SSSR count). The summed E-state index contributed by atoms with van der Waals surface area (Å²) in [6.07, 6.45) is 7.06. The molecule has 208 valence electrons. The number of likely N-dealkylation sites (tertiary alicyclic amines) is 1. The van der Waals surface area contributed by atoms with E-state index in [9.17, 15) is 8.78 Å². The Kier molecular flexibility index (Phi) is 6.69. The van der Waals surface area contributed by atoms with E-state index in [1.54, 1.807) is 24.5 Å². The minimum atomic E-state index is -2.53. The molecule has 39 heavy (non-hydrogen) atoms. The summed E-state index contributed by atoms with van der Waals surface area (Å²) in [6.45, 7) is 2.42. The van der Waals surface area contributed by atoms with Gasteiger partial charge < -0.3 is 24.6 Å². The summed E-state index contributed by atoms with van der Waals surface area (Å²) in [6, 6.07) is 4.99. The van der Waals surface area contributed by atoms with Gasteiger partial charge in [-0.25, -0.2) is 18.2 Å². The highest BCUT2D eigenvalue weighted by Gasteiger charge is 2.45. The van der Waals surface area contributed by atoms with Crippen LogP contribution >= 0.6 is 0 Å². The molecule has 2 fully saturated rings. The zero-order valence-electron chi connectivity index (χ0n) is 22.4. The van der Waals surface area contributed by atoms with Gasteiger partial charge in [-0.15, -0.1) is 0 Å². The van der Waals surface area contributed by atoms with E-state index in [0.29, 0.717) is 67.5 Å². The highest BCUT2D eigenvalue weighted by atomic mass is 19.3. The van der Waals surface area contributed by atoms with Crippen molar-refractivity contribution in [2.45, 2.75) is 50.0 Å². The average Bonchev–Trinajstić information content (AvgIpc) is 3.04.